The number of hydrogen-bond acceptors (Lipinski definition) is 3. The molecular weight excluding hydrogens is 293 g/mol. The first-order valence-electron chi connectivity index (χ1n) is 4.35. The fraction of sp³-hybridized carbons (Fsp3) is 0.333. The molecule has 2 N–H and O–H groups in total. The molecule has 0 fully saturated rings. The highest BCUT2D eigenvalue weighted by Crippen LogP contribution is 2.20. The van der Waals surface area contributed by atoms with E-state index in [-0.39, 0.29) is 0 Å². The maximum Gasteiger partial charge on any atom is 0.522 e. The average Bonchev–Trinajstić information content (AvgIpc) is 2.16. The molecule has 0 atom stereocenters. The van der Waals surface area contributed by atoms with Crippen LogP contribution in [0.5, 0.6) is 5.75 Å². The van der Waals surface area contributed by atoms with Crippen LogP contribution in [0.2, 0.25) is 0 Å². The monoisotopic (exact) mass is 305 g/mol. The molecule has 0 saturated carbocycles. The van der Waals surface area contributed by atoms with Crippen LogP contribution in [0.4, 0.5) is 13.2 Å². The number of rotatable bonds is 1. The standard InChI is InChI=1S/C8H10OS.CHF3O3S/c1-10(2)8-5-3-7(9)4-6-8;2-1(3,4)8(5,6)7/h3-6H,1-2H3;(H,5,6,7)/p+1. The molecule has 18 heavy (non-hydrogen) atoms. The van der Waals surface area contributed by atoms with E-state index in [0.29, 0.717) is 16.6 Å². The molecule has 104 valence electrons. The first-order valence-corrected chi connectivity index (χ1v) is 7.83. The van der Waals surface area contributed by atoms with E-state index >= 15 is 0 Å². The van der Waals surface area contributed by atoms with Gasteiger partial charge >= 0.3 is 15.6 Å². The normalized spacial score (nSPS) is 11.9. The fourth-order valence-corrected chi connectivity index (χ4v) is 1.40. The van der Waals surface area contributed by atoms with Gasteiger partial charge in [-0.2, -0.15) is 21.6 Å². The molecule has 1 rings (SSSR count). The van der Waals surface area contributed by atoms with Gasteiger partial charge < -0.3 is 5.11 Å². The molecule has 9 heteroatoms. The largest absolute Gasteiger partial charge is 0.522 e. The van der Waals surface area contributed by atoms with E-state index in [0.717, 1.165) is 0 Å². The maximum absolute atomic E-state index is 10.7. The predicted octanol–water partition coefficient (Wildman–Crippen LogP) is 2.02. The molecule has 0 radical (unpaired) electrons. The zero-order chi connectivity index (χ0) is 14.6. The lowest BCUT2D eigenvalue weighted by molar-refractivity contribution is -0.0510. The van der Waals surface area contributed by atoms with Crippen molar-refractivity contribution >= 4 is 21.0 Å². The number of aromatic hydroxyl groups is 1. The molecule has 0 amide bonds. The van der Waals surface area contributed by atoms with Crippen LogP contribution in [0, 0.1) is 0 Å². The van der Waals surface area contributed by atoms with Gasteiger partial charge in [-0.15, -0.1) is 0 Å². The zero-order valence-electron chi connectivity index (χ0n) is 9.47. The van der Waals surface area contributed by atoms with Gasteiger partial charge in [0.1, 0.15) is 18.3 Å². The summed E-state index contributed by atoms with van der Waals surface area (Å²) in [5, 5.41) is 8.94. The van der Waals surface area contributed by atoms with E-state index in [4.69, 9.17) is 18.1 Å². The van der Waals surface area contributed by atoms with Crippen LogP contribution in [0.3, 0.4) is 0 Å². The Hall–Kier alpha value is -0.930. The molecule has 0 aliphatic rings. The van der Waals surface area contributed by atoms with Crippen molar-refractivity contribution in [3.8, 4) is 5.75 Å². The van der Waals surface area contributed by atoms with E-state index in [1.165, 1.54) is 4.90 Å². The van der Waals surface area contributed by atoms with Gasteiger partial charge in [0.2, 0.25) is 0 Å². The molecular formula is C9H12F3O4S2+. The lowest BCUT2D eigenvalue weighted by Gasteiger charge is -1.97. The van der Waals surface area contributed by atoms with Gasteiger partial charge in [-0.05, 0) is 24.3 Å². The summed E-state index contributed by atoms with van der Waals surface area (Å²) in [6, 6.07) is 7.36. The Balaban J connectivity index is 0.000000331. The van der Waals surface area contributed by atoms with Crippen LogP contribution in [-0.2, 0) is 21.0 Å². The second-order valence-corrected chi connectivity index (χ2v) is 6.75. The minimum atomic E-state index is -5.84. The van der Waals surface area contributed by atoms with Crippen LogP contribution >= 0.6 is 0 Å². The van der Waals surface area contributed by atoms with Crippen LogP contribution in [-0.4, -0.2) is 36.1 Å². The van der Waals surface area contributed by atoms with Gasteiger partial charge in [0, 0.05) is 10.9 Å². The quantitative estimate of drug-likeness (QED) is 0.473. The van der Waals surface area contributed by atoms with Crippen molar-refractivity contribution in [1.82, 2.24) is 0 Å². The van der Waals surface area contributed by atoms with Gasteiger partial charge in [0.15, 0.2) is 4.90 Å². The van der Waals surface area contributed by atoms with Gasteiger partial charge in [-0.3, -0.25) is 4.55 Å². The SMILES string of the molecule is C[S+](C)c1ccc(O)cc1.O=S(=O)(O)C(F)(F)F. The van der Waals surface area contributed by atoms with E-state index in [1.54, 1.807) is 12.1 Å². The molecule has 0 saturated heterocycles. The summed E-state index contributed by atoms with van der Waals surface area (Å²) in [4.78, 5) is 1.29. The maximum atomic E-state index is 10.7. The van der Waals surface area contributed by atoms with Crippen LogP contribution in [0.15, 0.2) is 29.2 Å². The lowest BCUT2D eigenvalue weighted by atomic mass is 10.3. The number of hydrogen-bond donors (Lipinski definition) is 2. The number of benzene rings is 1. The van der Waals surface area contributed by atoms with Crippen LogP contribution in [0.1, 0.15) is 0 Å². The molecule has 0 aromatic heterocycles. The number of phenolic OH excluding ortho intramolecular Hbond substituents is 1. The number of halogens is 3. The van der Waals surface area contributed by atoms with Gasteiger partial charge in [-0.1, -0.05) is 0 Å². The third kappa shape index (κ3) is 6.12. The Morgan fingerprint density at radius 2 is 1.44 bits per heavy atom. The third-order valence-corrected chi connectivity index (χ3v) is 3.40. The lowest BCUT2D eigenvalue weighted by Crippen LogP contribution is -2.21. The van der Waals surface area contributed by atoms with Crippen molar-refractivity contribution in [2.45, 2.75) is 10.4 Å². The molecule has 4 nitrogen and oxygen atoms in total. The van der Waals surface area contributed by atoms with Crippen molar-refractivity contribution in [2.75, 3.05) is 12.5 Å². The topological polar surface area (TPSA) is 74.6 Å². The average molecular weight is 305 g/mol. The Morgan fingerprint density at radius 1 is 1.11 bits per heavy atom. The van der Waals surface area contributed by atoms with Crippen molar-refractivity contribution in [3.63, 3.8) is 0 Å². The summed E-state index contributed by atoms with van der Waals surface area (Å²) in [5.74, 6) is 0.342. The van der Waals surface area contributed by atoms with Crippen molar-refractivity contribution in [2.24, 2.45) is 0 Å². The van der Waals surface area contributed by atoms with E-state index in [1.807, 2.05) is 12.1 Å². The molecule has 0 aliphatic carbocycles. The van der Waals surface area contributed by atoms with Gasteiger partial charge in [-0.25, -0.2) is 0 Å². The summed E-state index contributed by atoms with van der Waals surface area (Å²) < 4.78 is 57.5. The summed E-state index contributed by atoms with van der Waals surface area (Å²) in [6.07, 6.45) is 4.32. The summed E-state index contributed by atoms with van der Waals surface area (Å²) in [7, 11) is -5.54. The number of phenols is 1. The van der Waals surface area contributed by atoms with Crippen LogP contribution < -0.4 is 0 Å². The Labute approximate surface area is 106 Å². The summed E-state index contributed by atoms with van der Waals surface area (Å²) >= 11 is 0. The van der Waals surface area contributed by atoms with Gasteiger partial charge in [0.05, 0.1) is 0 Å². The van der Waals surface area contributed by atoms with E-state index in [9.17, 15) is 13.2 Å². The summed E-state index contributed by atoms with van der Waals surface area (Å²) in [6.45, 7) is 0. The smallest absolute Gasteiger partial charge is 0.508 e. The third-order valence-electron chi connectivity index (χ3n) is 1.60. The molecule has 0 heterocycles. The zero-order valence-corrected chi connectivity index (χ0v) is 11.1. The molecule has 0 bridgehead atoms. The minimum Gasteiger partial charge on any atom is -0.508 e. The number of alkyl halides is 3. The fourth-order valence-electron chi connectivity index (χ4n) is 0.718. The van der Waals surface area contributed by atoms with E-state index < -0.39 is 15.6 Å². The van der Waals surface area contributed by atoms with Gasteiger partial charge in [0.25, 0.3) is 0 Å². The van der Waals surface area contributed by atoms with Crippen molar-refractivity contribution < 1.29 is 31.2 Å². The van der Waals surface area contributed by atoms with Crippen molar-refractivity contribution in [3.05, 3.63) is 24.3 Å². The molecule has 0 spiro atoms. The van der Waals surface area contributed by atoms with Crippen molar-refractivity contribution in [1.29, 1.82) is 0 Å². The Kier molecular flexibility index (Phi) is 5.97. The highest BCUT2D eigenvalue weighted by molar-refractivity contribution is 7.95. The first kappa shape index (κ1) is 17.1. The predicted molar refractivity (Wildman–Crippen MR) is 63.2 cm³/mol. The van der Waals surface area contributed by atoms with Crippen LogP contribution in [0.25, 0.3) is 0 Å². The second kappa shape index (κ2) is 6.30. The molecule has 0 unspecified atom stereocenters. The highest BCUT2D eigenvalue weighted by atomic mass is 32.2. The van der Waals surface area contributed by atoms with E-state index in [2.05, 4.69) is 12.5 Å². The minimum absolute atomic E-state index is 0.302. The molecule has 1 aromatic rings. The second-order valence-electron chi connectivity index (χ2n) is 3.23. The summed E-state index contributed by atoms with van der Waals surface area (Å²) in [5.41, 5.74) is -5.53. The Morgan fingerprint density at radius 3 is 1.67 bits per heavy atom. The molecule has 1 aromatic carbocycles. The molecule has 0 aliphatic heterocycles. The first-order chi connectivity index (χ1) is 7.95. The highest BCUT2D eigenvalue weighted by Gasteiger charge is 2.44. The Bertz CT molecular complexity index is 466.